The maximum atomic E-state index is 11.9. The molecule has 23 heavy (non-hydrogen) atoms. The van der Waals surface area contributed by atoms with Crippen LogP contribution in [0.5, 0.6) is 5.75 Å². The summed E-state index contributed by atoms with van der Waals surface area (Å²) in [6, 6.07) is 7.53. The number of hydrogen-bond acceptors (Lipinski definition) is 4. The van der Waals surface area contributed by atoms with Crippen LogP contribution in [-0.2, 0) is 11.3 Å². The SMILES string of the molecule is COc1ccc(-c2n[nH]c(CNC(=O)C[C@@H]3C=CCC3)n2)cc1. The van der Waals surface area contributed by atoms with Gasteiger partial charge in [0.2, 0.25) is 5.91 Å². The zero-order chi connectivity index (χ0) is 16.1. The average molecular weight is 312 g/mol. The van der Waals surface area contributed by atoms with Gasteiger partial charge >= 0.3 is 0 Å². The van der Waals surface area contributed by atoms with Gasteiger partial charge in [0, 0.05) is 12.0 Å². The van der Waals surface area contributed by atoms with Gasteiger partial charge in [0.25, 0.3) is 0 Å². The summed E-state index contributed by atoms with van der Waals surface area (Å²) >= 11 is 0. The summed E-state index contributed by atoms with van der Waals surface area (Å²) in [5, 5.41) is 9.93. The second-order valence-electron chi connectivity index (χ2n) is 5.58. The third-order valence-electron chi connectivity index (χ3n) is 3.89. The summed E-state index contributed by atoms with van der Waals surface area (Å²) in [6.07, 6.45) is 6.93. The molecule has 0 spiro atoms. The van der Waals surface area contributed by atoms with Crippen molar-refractivity contribution in [2.75, 3.05) is 7.11 Å². The molecule has 2 N–H and O–H groups in total. The number of allylic oxidation sites excluding steroid dienone is 2. The van der Waals surface area contributed by atoms with Crippen molar-refractivity contribution in [1.82, 2.24) is 20.5 Å². The molecule has 0 saturated carbocycles. The Morgan fingerprint density at radius 2 is 2.22 bits per heavy atom. The largest absolute Gasteiger partial charge is 0.497 e. The summed E-state index contributed by atoms with van der Waals surface area (Å²) in [5.74, 6) is 2.46. The summed E-state index contributed by atoms with van der Waals surface area (Å²) in [4.78, 5) is 16.3. The normalized spacial score (nSPS) is 16.5. The number of carbonyl (C=O) groups excluding carboxylic acids is 1. The Hall–Kier alpha value is -2.63. The maximum absolute atomic E-state index is 11.9. The van der Waals surface area contributed by atoms with E-state index in [0.717, 1.165) is 24.2 Å². The molecular formula is C17H20N4O2. The average Bonchev–Trinajstić information content (AvgIpc) is 3.25. The minimum atomic E-state index is 0.0453. The summed E-state index contributed by atoms with van der Waals surface area (Å²) in [5.41, 5.74) is 0.899. The van der Waals surface area contributed by atoms with Crippen LogP contribution in [0.15, 0.2) is 36.4 Å². The topological polar surface area (TPSA) is 79.9 Å². The number of benzene rings is 1. The fraction of sp³-hybridized carbons (Fsp3) is 0.353. The first kappa shape index (κ1) is 15.3. The zero-order valence-electron chi connectivity index (χ0n) is 13.1. The molecule has 1 aromatic heterocycles. The number of nitrogens with zero attached hydrogens (tertiary/aromatic N) is 2. The molecular weight excluding hydrogens is 292 g/mol. The number of aromatic nitrogens is 3. The van der Waals surface area contributed by atoms with Crippen molar-refractivity contribution >= 4 is 5.91 Å². The van der Waals surface area contributed by atoms with Crippen molar-refractivity contribution in [3.05, 3.63) is 42.2 Å². The van der Waals surface area contributed by atoms with Gasteiger partial charge in [0.05, 0.1) is 13.7 Å². The Morgan fingerprint density at radius 3 is 2.91 bits per heavy atom. The third-order valence-corrected chi connectivity index (χ3v) is 3.89. The van der Waals surface area contributed by atoms with Crippen molar-refractivity contribution in [2.45, 2.75) is 25.8 Å². The lowest BCUT2D eigenvalue weighted by Crippen LogP contribution is -2.24. The number of H-pyrrole nitrogens is 1. The lowest BCUT2D eigenvalue weighted by Gasteiger charge is -2.07. The third kappa shape index (κ3) is 3.97. The van der Waals surface area contributed by atoms with Crippen LogP contribution in [0.3, 0.4) is 0 Å². The molecule has 0 aliphatic heterocycles. The first-order chi connectivity index (χ1) is 11.2. The van der Waals surface area contributed by atoms with E-state index in [4.69, 9.17) is 4.74 Å². The van der Waals surface area contributed by atoms with Crippen LogP contribution in [0.25, 0.3) is 11.4 Å². The molecule has 0 fully saturated rings. The van der Waals surface area contributed by atoms with Crippen LogP contribution in [-0.4, -0.2) is 28.2 Å². The van der Waals surface area contributed by atoms with Gasteiger partial charge in [0.15, 0.2) is 5.82 Å². The van der Waals surface area contributed by atoms with Crippen molar-refractivity contribution in [1.29, 1.82) is 0 Å². The predicted molar refractivity (Wildman–Crippen MR) is 86.7 cm³/mol. The highest BCUT2D eigenvalue weighted by Crippen LogP contribution is 2.20. The molecule has 120 valence electrons. The van der Waals surface area contributed by atoms with Crippen LogP contribution in [0, 0.1) is 5.92 Å². The lowest BCUT2D eigenvalue weighted by molar-refractivity contribution is -0.121. The number of rotatable bonds is 6. The number of nitrogens with one attached hydrogen (secondary N) is 2. The Kier molecular flexibility index (Phi) is 4.71. The van der Waals surface area contributed by atoms with E-state index in [1.54, 1.807) is 7.11 Å². The Balaban J connectivity index is 1.54. The Morgan fingerprint density at radius 1 is 1.39 bits per heavy atom. The summed E-state index contributed by atoms with van der Waals surface area (Å²) < 4.78 is 5.13. The molecule has 1 atom stereocenters. The first-order valence-corrected chi connectivity index (χ1v) is 7.73. The molecule has 3 rings (SSSR count). The van der Waals surface area contributed by atoms with Crippen LogP contribution in [0.4, 0.5) is 0 Å². The van der Waals surface area contributed by atoms with E-state index >= 15 is 0 Å². The molecule has 1 aliphatic rings. The van der Waals surface area contributed by atoms with Crippen molar-refractivity contribution in [3.8, 4) is 17.1 Å². The Bertz CT molecular complexity index is 691. The highest BCUT2D eigenvalue weighted by molar-refractivity contribution is 5.76. The minimum Gasteiger partial charge on any atom is -0.497 e. The monoisotopic (exact) mass is 312 g/mol. The lowest BCUT2D eigenvalue weighted by atomic mass is 10.1. The number of carbonyl (C=O) groups is 1. The van der Waals surface area contributed by atoms with Crippen molar-refractivity contribution in [3.63, 3.8) is 0 Å². The second-order valence-corrected chi connectivity index (χ2v) is 5.58. The second kappa shape index (κ2) is 7.09. The molecule has 0 radical (unpaired) electrons. The molecule has 1 aromatic carbocycles. The molecule has 6 nitrogen and oxygen atoms in total. The van der Waals surface area contributed by atoms with Gasteiger partial charge in [-0.25, -0.2) is 4.98 Å². The van der Waals surface area contributed by atoms with E-state index in [1.807, 2.05) is 24.3 Å². The number of aromatic amines is 1. The van der Waals surface area contributed by atoms with E-state index in [1.165, 1.54) is 0 Å². The highest BCUT2D eigenvalue weighted by Gasteiger charge is 2.14. The van der Waals surface area contributed by atoms with Gasteiger partial charge < -0.3 is 10.1 Å². The molecule has 0 unspecified atom stereocenters. The Labute approximate surface area is 135 Å². The predicted octanol–water partition coefficient (Wildman–Crippen LogP) is 2.45. The molecule has 1 amide bonds. The van der Waals surface area contributed by atoms with E-state index < -0.39 is 0 Å². The zero-order valence-corrected chi connectivity index (χ0v) is 13.1. The highest BCUT2D eigenvalue weighted by atomic mass is 16.5. The molecule has 0 saturated heterocycles. The van der Waals surface area contributed by atoms with E-state index in [-0.39, 0.29) is 5.91 Å². The molecule has 0 bridgehead atoms. The van der Waals surface area contributed by atoms with Gasteiger partial charge in [0.1, 0.15) is 11.6 Å². The fourth-order valence-corrected chi connectivity index (χ4v) is 2.60. The van der Waals surface area contributed by atoms with E-state index in [0.29, 0.717) is 30.5 Å². The van der Waals surface area contributed by atoms with Crippen molar-refractivity contribution in [2.24, 2.45) is 5.92 Å². The van der Waals surface area contributed by atoms with Gasteiger partial charge in [-0.2, -0.15) is 5.10 Å². The van der Waals surface area contributed by atoms with E-state index in [2.05, 4.69) is 32.7 Å². The van der Waals surface area contributed by atoms with Crippen LogP contribution in [0.2, 0.25) is 0 Å². The fourth-order valence-electron chi connectivity index (χ4n) is 2.60. The van der Waals surface area contributed by atoms with Crippen molar-refractivity contribution < 1.29 is 9.53 Å². The van der Waals surface area contributed by atoms with Crippen LogP contribution < -0.4 is 10.1 Å². The number of amides is 1. The smallest absolute Gasteiger partial charge is 0.220 e. The molecule has 1 heterocycles. The van der Waals surface area contributed by atoms with Gasteiger partial charge in [-0.05, 0) is 43.0 Å². The number of ether oxygens (including phenoxy) is 1. The molecule has 1 aliphatic carbocycles. The van der Waals surface area contributed by atoms with Gasteiger partial charge in [-0.1, -0.05) is 12.2 Å². The number of methoxy groups -OCH3 is 1. The molecule has 6 heteroatoms. The van der Waals surface area contributed by atoms with E-state index in [9.17, 15) is 4.79 Å². The number of hydrogen-bond donors (Lipinski definition) is 2. The standard InChI is InChI=1S/C17H20N4O2/c1-23-14-8-6-13(7-9-14)17-19-15(20-21-17)11-18-16(22)10-12-4-2-3-5-12/h2,4,6-9,12H,3,5,10-11H2,1H3,(H,18,22)(H,19,20,21)/t12-/m1/s1. The van der Waals surface area contributed by atoms with Gasteiger partial charge in [-0.15, -0.1) is 0 Å². The maximum Gasteiger partial charge on any atom is 0.220 e. The quantitative estimate of drug-likeness (QED) is 0.803. The first-order valence-electron chi connectivity index (χ1n) is 7.73. The van der Waals surface area contributed by atoms with Crippen LogP contribution >= 0.6 is 0 Å². The van der Waals surface area contributed by atoms with Gasteiger partial charge in [-0.3, -0.25) is 9.89 Å². The summed E-state index contributed by atoms with van der Waals surface area (Å²) in [6.45, 7) is 0.360. The molecule has 2 aromatic rings. The van der Waals surface area contributed by atoms with Crippen LogP contribution in [0.1, 0.15) is 25.1 Å². The summed E-state index contributed by atoms with van der Waals surface area (Å²) in [7, 11) is 1.63. The minimum absolute atomic E-state index is 0.0453.